The van der Waals surface area contributed by atoms with Crippen molar-refractivity contribution in [1.29, 1.82) is 10.5 Å². The highest BCUT2D eigenvalue weighted by molar-refractivity contribution is 5.81. The van der Waals surface area contributed by atoms with E-state index in [9.17, 15) is 15.3 Å². The van der Waals surface area contributed by atoms with E-state index in [1.54, 1.807) is 0 Å². The van der Waals surface area contributed by atoms with Crippen molar-refractivity contribution in [2.24, 2.45) is 0 Å². The van der Waals surface area contributed by atoms with Crippen molar-refractivity contribution < 1.29 is 0 Å². The molecule has 2 aromatic rings. The second-order valence-electron chi connectivity index (χ2n) is 6.15. The SMILES string of the molecule is CCCN(CCC)Cc1ccccc1-c1c(C#N)c(N)[nH]c(=O)c1C#N. The largest absolute Gasteiger partial charge is 0.384 e. The number of nitriles is 2. The van der Waals surface area contributed by atoms with E-state index in [1.165, 1.54) is 0 Å². The highest BCUT2D eigenvalue weighted by atomic mass is 16.1. The van der Waals surface area contributed by atoms with Crippen molar-refractivity contribution in [3.63, 3.8) is 0 Å². The molecule has 134 valence electrons. The number of benzene rings is 1. The van der Waals surface area contributed by atoms with E-state index in [4.69, 9.17) is 5.73 Å². The zero-order valence-electron chi connectivity index (χ0n) is 15.2. The van der Waals surface area contributed by atoms with E-state index in [0.29, 0.717) is 17.7 Å². The second-order valence-corrected chi connectivity index (χ2v) is 6.15. The first-order valence-corrected chi connectivity index (χ1v) is 8.73. The van der Waals surface area contributed by atoms with Crippen molar-refractivity contribution in [2.45, 2.75) is 33.2 Å². The van der Waals surface area contributed by atoms with Gasteiger partial charge in [0.25, 0.3) is 5.56 Å². The fourth-order valence-electron chi connectivity index (χ4n) is 3.16. The van der Waals surface area contributed by atoms with Crippen LogP contribution in [0.5, 0.6) is 0 Å². The summed E-state index contributed by atoms with van der Waals surface area (Å²) in [5, 5.41) is 19.0. The number of hydrogen-bond donors (Lipinski definition) is 2. The molecule has 0 aliphatic rings. The van der Waals surface area contributed by atoms with Crippen LogP contribution in [0.3, 0.4) is 0 Å². The van der Waals surface area contributed by atoms with Gasteiger partial charge < -0.3 is 10.7 Å². The summed E-state index contributed by atoms with van der Waals surface area (Å²) in [7, 11) is 0. The second kappa shape index (κ2) is 8.84. The lowest BCUT2D eigenvalue weighted by Gasteiger charge is -2.23. The average molecular weight is 349 g/mol. The Balaban J connectivity index is 2.67. The van der Waals surface area contributed by atoms with Crippen molar-refractivity contribution in [1.82, 2.24) is 9.88 Å². The number of nitrogens with one attached hydrogen (secondary N) is 1. The summed E-state index contributed by atoms with van der Waals surface area (Å²) in [5.74, 6) is -0.0136. The van der Waals surface area contributed by atoms with Crippen molar-refractivity contribution in [3.8, 4) is 23.3 Å². The van der Waals surface area contributed by atoms with Crippen LogP contribution in [-0.2, 0) is 6.54 Å². The van der Waals surface area contributed by atoms with E-state index in [0.717, 1.165) is 31.5 Å². The fourth-order valence-corrected chi connectivity index (χ4v) is 3.16. The Kier molecular flexibility index (Phi) is 6.54. The zero-order chi connectivity index (χ0) is 19.1. The van der Waals surface area contributed by atoms with Gasteiger partial charge in [0.2, 0.25) is 0 Å². The summed E-state index contributed by atoms with van der Waals surface area (Å²) in [6.07, 6.45) is 2.07. The van der Waals surface area contributed by atoms with Gasteiger partial charge in [0, 0.05) is 12.1 Å². The van der Waals surface area contributed by atoms with Crippen LogP contribution >= 0.6 is 0 Å². The maximum atomic E-state index is 12.2. The van der Waals surface area contributed by atoms with Gasteiger partial charge in [0.05, 0.1) is 0 Å². The molecule has 3 N–H and O–H groups in total. The molecule has 0 atom stereocenters. The lowest BCUT2D eigenvalue weighted by atomic mass is 9.92. The Morgan fingerprint density at radius 1 is 1.08 bits per heavy atom. The average Bonchev–Trinajstić information content (AvgIpc) is 2.62. The van der Waals surface area contributed by atoms with Crippen LogP contribution in [0.4, 0.5) is 5.82 Å². The van der Waals surface area contributed by atoms with Crippen LogP contribution in [0, 0.1) is 22.7 Å². The van der Waals surface area contributed by atoms with Gasteiger partial charge in [-0.15, -0.1) is 0 Å². The Bertz CT molecular complexity index is 911. The molecule has 0 aliphatic heterocycles. The minimum absolute atomic E-state index is 0.0136. The molecule has 0 spiro atoms. The molecule has 6 nitrogen and oxygen atoms in total. The molecular weight excluding hydrogens is 326 g/mol. The molecule has 1 aromatic heterocycles. The molecule has 0 saturated heterocycles. The first kappa shape index (κ1) is 19.2. The van der Waals surface area contributed by atoms with Crippen LogP contribution in [0.2, 0.25) is 0 Å². The molecule has 0 saturated carbocycles. The van der Waals surface area contributed by atoms with Crippen LogP contribution in [0.15, 0.2) is 29.1 Å². The monoisotopic (exact) mass is 349 g/mol. The number of rotatable bonds is 7. The number of nitrogen functional groups attached to an aromatic ring is 1. The van der Waals surface area contributed by atoms with Gasteiger partial charge in [-0.3, -0.25) is 9.69 Å². The Labute approximate surface area is 153 Å². The summed E-state index contributed by atoms with van der Waals surface area (Å²) in [6.45, 7) is 6.85. The zero-order valence-corrected chi connectivity index (χ0v) is 15.2. The minimum Gasteiger partial charge on any atom is -0.384 e. The van der Waals surface area contributed by atoms with Crippen LogP contribution in [0.25, 0.3) is 11.1 Å². The Morgan fingerprint density at radius 2 is 1.69 bits per heavy atom. The lowest BCUT2D eigenvalue weighted by Crippen LogP contribution is -2.25. The van der Waals surface area contributed by atoms with E-state index in [2.05, 4.69) is 23.7 Å². The molecule has 0 amide bonds. The fraction of sp³-hybridized carbons (Fsp3) is 0.350. The smallest absolute Gasteiger partial charge is 0.268 e. The number of nitrogens with two attached hydrogens (primary N) is 1. The minimum atomic E-state index is -0.576. The van der Waals surface area contributed by atoms with E-state index >= 15 is 0 Å². The molecule has 1 aromatic carbocycles. The van der Waals surface area contributed by atoms with E-state index in [1.807, 2.05) is 36.4 Å². The molecule has 26 heavy (non-hydrogen) atoms. The number of aromatic nitrogens is 1. The highest BCUT2D eigenvalue weighted by Crippen LogP contribution is 2.31. The number of H-pyrrole nitrogens is 1. The van der Waals surface area contributed by atoms with Crippen LogP contribution in [-0.4, -0.2) is 23.0 Å². The summed E-state index contributed by atoms with van der Waals surface area (Å²) in [4.78, 5) is 16.9. The van der Waals surface area contributed by atoms with E-state index in [-0.39, 0.29) is 16.9 Å². The third-order valence-corrected chi connectivity index (χ3v) is 4.23. The van der Waals surface area contributed by atoms with Gasteiger partial charge in [-0.05, 0) is 37.1 Å². The standard InChI is InChI=1S/C20H23N5O/c1-3-9-25(10-4-2)13-14-7-5-6-8-15(14)18-16(11-21)19(23)24-20(26)17(18)12-22/h5-8H,3-4,9-10,13H2,1-2H3,(H3,23,24,26). The van der Waals surface area contributed by atoms with Gasteiger partial charge >= 0.3 is 0 Å². The predicted molar refractivity (Wildman–Crippen MR) is 102 cm³/mol. The number of hydrogen-bond acceptors (Lipinski definition) is 5. The van der Waals surface area contributed by atoms with Gasteiger partial charge in [-0.25, -0.2) is 0 Å². The van der Waals surface area contributed by atoms with Gasteiger partial charge in [0.15, 0.2) is 0 Å². The molecule has 2 rings (SSSR count). The third-order valence-electron chi connectivity index (χ3n) is 4.23. The lowest BCUT2D eigenvalue weighted by molar-refractivity contribution is 0.267. The maximum Gasteiger partial charge on any atom is 0.268 e. The van der Waals surface area contributed by atoms with Crippen LogP contribution < -0.4 is 11.3 Å². The first-order chi connectivity index (χ1) is 12.6. The van der Waals surface area contributed by atoms with Crippen LogP contribution in [0.1, 0.15) is 43.4 Å². The molecule has 6 heteroatoms. The number of anilines is 1. The summed E-state index contributed by atoms with van der Waals surface area (Å²) in [5.41, 5.74) is 7.30. The first-order valence-electron chi connectivity index (χ1n) is 8.73. The summed E-state index contributed by atoms with van der Waals surface area (Å²) in [6, 6.07) is 11.5. The molecule has 0 bridgehead atoms. The van der Waals surface area contributed by atoms with Crippen molar-refractivity contribution in [3.05, 3.63) is 51.3 Å². The highest BCUT2D eigenvalue weighted by Gasteiger charge is 2.20. The molecule has 0 unspecified atom stereocenters. The van der Waals surface area contributed by atoms with Crippen molar-refractivity contribution >= 4 is 5.82 Å². The molecule has 0 fully saturated rings. The van der Waals surface area contributed by atoms with E-state index < -0.39 is 5.56 Å². The Hall–Kier alpha value is -3.09. The molecular formula is C20H23N5O. The number of aromatic amines is 1. The topological polar surface area (TPSA) is 110 Å². The predicted octanol–water partition coefficient (Wildman–Crippen LogP) is 2.99. The molecule has 1 heterocycles. The van der Waals surface area contributed by atoms with Gasteiger partial charge in [-0.2, -0.15) is 10.5 Å². The van der Waals surface area contributed by atoms with Gasteiger partial charge in [-0.1, -0.05) is 38.1 Å². The van der Waals surface area contributed by atoms with Gasteiger partial charge in [0.1, 0.15) is 29.1 Å². The number of nitrogens with zero attached hydrogens (tertiary/aromatic N) is 3. The summed E-state index contributed by atoms with van der Waals surface area (Å²) < 4.78 is 0. The maximum absolute atomic E-state index is 12.2. The van der Waals surface area contributed by atoms with Crippen molar-refractivity contribution in [2.75, 3.05) is 18.8 Å². The number of pyridine rings is 1. The Morgan fingerprint density at radius 3 is 2.27 bits per heavy atom. The third kappa shape index (κ3) is 3.93. The quantitative estimate of drug-likeness (QED) is 0.798. The molecule has 0 aliphatic carbocycles. The normalized spacial score (nSPS) is 10.5. The summed E-state index contributed by atoms with van der Waals surface area (Å²) >= 11 is 0. The molecule has 0 radical (unpaired) electrons.